The highest BCUT2D eigenvalue weighted by atomic mass is 15.0. The molecule has 0 atom stereocenters. The number of hydrogen-bond donors (Lipinski definition) is 1. The number of benzene rings is 1. The lowest BCUT2D eigenvalue weighted by molar-refractivity contribution is 0.354. The standard InChI is InChI=1S/C17H21N3/c18-17-19-15(11-13-7-3-1-4-8-13)12-16(20-17)14-9-5-2-6-10-14/h2,5-6,9-10,12-13H,1,3-4,7-8,11H2,(H2,18,19,20). The molecule has 3 heteroatoms. The maximum absolute atomic E-state index is 5.88. The van der Waals surface area contributed by atoms with E-state index in [-0.39, 0.29) is 0 Å². The van der Waals surface area contributed by atoms with Gasteiger partial charge in [-0.25, -0.2) is 9.97 Å². The Morgan fingerprint density at radius 2 is 1.75 bits per heavy atom. The van der Waals surface area contributed by atoms with Gasteiger partial charge in [0.25, 0.3) is 0 Å². The Kier molecular flexibility index (Phi) is 3.95. The molecule has 1 aromatic carbocycles. The molecular weight excluding hydrogens is 246 g/mol. The van der Waals surface area contributed by atoms with Gasteiger partial charge in [-0.15, -0.1) is 0 Å². The number of hydrogen-bond acceptors (Lipinski definition) is 3. The molecule has 0 saturated heterocycles. The first-order valence-corrected chi connectivity index (χ1v) is 7.50. The Balaban J connectivity index is 1.83. The molecule has 1 heterocycles. The predicted molar refractivity (Wildman–Crippen MR) is 82.2 cm³/mol. The summed E-state index contributed by atoms with van der Waals surface area (Å²) < 4.78 is 0. The van der Waals surface area contributed by atoms with Crippen LogP contribution in [0.2, 0.25) is 0 Å². The van der Waals surface area contributed by atoms with Crippen molar-refractivity contribution in [1.82, 2.24) is 9.97 Å². The Morgan fingerprint density at radius 3 is 2.50 bits per heavy atom. The highest BCUT2D eigenvalue weighted by Crippen LogP contribution is 2.27. The molecule has 1 saturated carbocycles. The lowest BCUT2D eigenvalue weighted by atomic mass is 9.86. The van der Waals surface area contributed by atoms with Crippen molar-refractivity contribution in [2.45, 2.75) is 38.5 Å². The van der Waals surface area contributed by atoms with E-state index in [1.165, 1.54) is 32.1 Å². The summed E-state index contributed by atoms with van der Waals surface area (Å²) in [5.74, 6) is 1.15. The van der Waals surface area contributed by atoms with Crippen molar-refractivity contribution in [1.29, 1.82) is 0 Å². The fourth-order valence-corrected chi connectivity index (χ4v) is 3.07. The van der Waals surface area contributed by atoms with Gasteiger partial charge in [-0.05, 0) is 18.4 Å². The van der Waals surface area contributed by atoms with E-state index in [0.29, 0.717) is 5.95 Å². The third kappa shape index (κ3) is 3.16. The Morgan fingerprint density at radius 1 is 1.00 bits per heavy atom. The Labute approximate surface area is 120 Å². The first-order valence-electron chi connectivity index (χ1n) is 7.50. The SMILES string of the molecule is Nc1nc(CC2CCCCC2)cc(-c2ccccc2)n1. The van der Waals surface area contributed by atoms with Gasteiger partial charge in [-0.1, -0.05) is 62.4 Å². The van der Waals surface area contributed by atoms with E-state index in [1.807, 2.05) is 18.2 Å². The number of anilines is 1. The summed E-state index contributed by atoms with van der Waals surface area (Å²) in [7, 11) is 0. The molecule has 104 valence electrons. The molecule has 0 amide bonds. The van der Waals surface area contributed by atoms with E-state index in [1.54, 1.807) is 0 Å². The molecule has 0 radical (unpaired) electrons. The van der Waals surface area contributed by atoms with E-state index >= 15 is 0 Å². The summed E-state index contributed by atoms with van der Waals surface area (Å²) in [6, 6.07) is 12.3. The fraction of sp³-hybridized carbons (Fsp3) is 0.412. The van der Waals surface area contributed by atoms with Crippen molar-refractivity contribution in [3.63, 3.8) is 0 Å². The number of nitrogens with zero attached hydrogens (tertiary/aromatic N) is 2. The zero-order valence-corrected chi connectivity index (χ0v) is 11.8. The number of nitrogen functional groups attached to an aromatic ring is 1. The van der Waals surface area contributed by atoms with Crippen LogP contribution in [0, 0.1) is 5.92 Å². The summed E-state index contributed by atoms with van der Waals surface area (Å²) in [6.45, 7) is 0. The summed E-state index contributed by atoms with van der Waals surface area (Å²) in [6.07, 6.45) is 7.78. The third-order valence-corrected chi connectivity index (χ3v) is 4.09. The summed E-state index contributed by atoms with van der Waals surface area (Å²) in [4.78, 5) is 8.78. The van der Waals surface area contributed by atoms with Crippen LogP contribution in [0.25, 0.3) is 11.3 Å². The molecule has 1 aromatic heterocycles. The Hall–Kier alpha value is -1.90. The molecule has 2 aromatic rings. The summed E-state index contributed by atoms with van der Waals surface area (Å²) in [5, 5.41) is 0. The first kappa shape index (κ1) is 13.1. The molecule has 3 rings (SSSR count). The van der Waals surface area contributed by atoms with Crippen LogP contribution in [0.4, 0.5) is 5.95 Å². The largest absolute Gasteiger partial charge is 0.368 e. The number of rotatable bonds is 3. The highest BCUT2D eigenvalue weighted by molar-refractivity contribution is 5.60. The maximum atomic E-state index is 5.88. The third-order valence-electron chi connectivity index (χ3n) is 4.09. The molecule has 0 aliphatic heterocycles. The zero-order valence-electron chi connectivity index (χ0n) is 11.8. The molecular formula is C17H21N3. The minimum atomic E-state index is 0.386. The second kappa shape index (κ2) is 6.04. The predicted octanol–water partition coefficient (Wildman–Crippen LogP) is 3.85. The van der Waals surface area contributed by atoms with Gasteiger partial charge in [-0.3, -0.25) is 0 Å². The topological polar surface area (TPSA) is 51.8 Å². The molecule has 0 bridgehead atoms. The molecule has 3 nitrogen and oxygen atoms in total. The van der Waals surface area contributed by atoms with Crippen molar-refractivity contribution in [3.05, 3.63) is 42.1 Å². The van der Waals surface area contributed by atoms with E-state index < -0.39 is 0 Å². The van der Waals surface area contributed by atoms with Crippen LogP contribution in [0.1, 0.15) is 37.8 Å². The van der Waals surface area contributed by atoms with Gasteiger partial charge in [-0.2, -0.15) is 0 Å². The molecule has 1 aliphatic carbocycles. The van der Waals surface area contributed by atoms with E-state index in [9.17, 15) is 0 Å². The molecule has 2 N–H and O–H groups in total. The minimum absolute atomic E-state index is 0.386. The molecule has 0 spiro atoms. The van der Waals surface area contributed by atoms with Crippen molar-refractivity contribution in [2.24, 2.45) is 5.92 Å². The number of nitrogens with two attached hydrogens (primary N) is 1. The van der Waals surface area contributed by atoms with Gasteiger partial charge in [0.15, 0.2) is 0 Å². The zero-order chi connectivity index (χ0) is 13.8. The van der Waals surface area contributed by atoms with Crippen LogP contribution >= 0.6 is 0 Å². The van der Waals surface area contributed by atoms with Crippen LogP contribution in [-0.2, 0) is 6.42 Å². The van der Waals surface area contributed by atoms with Crippen LogP contribution in [-0.4, -0.2) is 9.97 Å². The van der Waals surface area contributed by atoms with E-state index in [2.05, 4.69) is 28.2 Å². The van der Waals surface area contributed by atoms with Gasteiger partial charge in [0, 0.05) is 11.3 Å². The molecule has 20 heavy (non-hydrogen) atoms. The fourth-order valence-electron chi connectivity index (χ4n) is 3.07. The van der Waals surface area contributed by atoms with Crippen molar-refractivity contribution in [3.8, 4) is 11.3 Å². The second-order valence-corrected chi connectivity index (χ2v) is 5.68. The summed E-state index contributed by atoms with van der Waals surface area (Å²) >= 11 is 0. The van der Waals surface area contributed by atoms with Crippen LogP contribution < -0.4 is 5.73 Å². The monoisotopic (exact) mass is 267 g/mol. The smallest absolute Gasteiger partial charge is 0.220 e. The average Bonchev–Trinajstić information content (AvgIpc) is 2.49. The lowest BCUT2D eigenvalue weighted by Gasteiger charge is -2.21. The molecule has 0 unspecified atom stereocenters. The quantitative estimate of drug-likeness (QED) is 0.919. The van der Waals surface area contributed by atoms with Crippen molar-refractivity contribution < 1.29 is 0 Å². The molecule has 1 aliphatic rings. The van der Waals surface area contributed by atoms with E-state index in [0.717, 1.165) is 29.3 Å². The van der Waals surface area contributed by atoms with Crippen LogP contribution in [0.5, 0.6) is 0 Å². The first-order chi connectivity index (χ1) is 9.81. The van der Waals surface area contributed by atoms with Gasteiger partial charge < -0.3 is 5.73 Å². The minimum Gasteiger partial charge on any atom is -0.368 e. The molecule has 1 fully saturated rings. The maximum Gasteiger partial charge on any atom is 0.220 e. The lowest BCUT2D eigenvalue weighted by Crippen LogP contribution is -2.11. The van der Waals surface area contributed by atoms with Crippen LogP contribution in [0.3, 0.4) is 0 Å². The van der Waals surface area contributed by atoms with Gasteiger partial charge in [0.1, 0.15) is 0 Å². The van der Waals surface area contributed by atoms with Crippen molar-refractivity contribution in [2.75, 3.05) is 5.73 Å². The Bertz CT molecular complexity index is 560. The van der Waals surface area contributed by atoms with Gasteiger partial charge in [0.2, 0.25) is 5.95 Å². The van der Waals surface area contributed by atoms with Crippen molar-refractivity contribution >= 4 is 5.95 Å². The normalized spacial score (nSPS) is 16.2. The average molecular weight is 267 g/mol. The van der Waals surface area contributed by atoms with Gasteiger partial charge >= 0.3 is 0 Å². The summed E-state index contributed by atoms with van der Waals surface area (Å²) in [5.41, 5.74) is 9.00. The second-order valence-electron chi connectivity index (χ2n) is 5.68. The van der Waals surface area contributed by atoms with Gasteiger partial charge in [0.05, 0.1) is 5.69 Å². The highest BCUT2D eigenvalue weighted by Gasteiger charge is 2.15. The van der Waals surface area contributed by atoms with Crippen LogP contribution in [0.15, 0.2) is 36.4 Å². The number of aromatic nitrogens is 2. The van der Waals surface area contributed by atoms with E-state index in [4.69, 9.17) is 5.73 Å².